The number of hydrogen-bond acceptors (Lipinski definition) is 18. The molecule has 0 radical (unpaired) electrons. The number of unbranched alkanes of at least 4 members (excludes halogenated alkanes) is 2. The Labute approximate surface area is 290 Å². The van der Waals surface area contributed by atoms with E-state index in [-0.39, 0.29) is 57.7 Å². The number of aryl methyl sites for hydroxylation is 4. The fraction of sp³-hybridized carbons (Fsp3) is 0.414. The summed E-state index contributed by atoms with van der Waals surface area (Å²) >= 11 is 0. The van der Waals surface area contributed by atoms with Crippen LogP contribution in [0.15, 0.2) is 32.9 Å². The van der Waals surface area contributed by atoms with E-state index in [4.69, 9.17) is 20.9 Å². The summed E-state index contributed by atoms with van der Waals surface area (Å²) in [6.07, 6.45) is 6.75. The van der Waals surface area contributed by atoms with E-state index in [0.29, 0.717) is 24.2 Å². The van der Waals surface area contributed by atoms with Gasteiger partial charge in [-0.25, -0.2) is 19.0 Å². The highest BCUT2D eigenvalue weighted by atomic mass is 16.5. The van der Waals surface area contributed by atoms with Gasteiger partial charge in [-0.1, -0.05) is 26.7 Å². The lowest BCUT2D eigenvalue weighted by Gasteiger charge is -2.06. The number of anilines is 2. The van der Waals surface area contributed by atoms with Gasteiger partial charge in [0.1, 0.15) is 11.1 Å². The van der Waals surface area contributed by atoms with Crippen LogP contribution in [-0.2, 0) is 36.4 Å². The third-order valence-corrected chi connectivity index (χ3v) is 7.56. The Morgan fingerprint density at radius 3 is 1.51 bits per heavy atom. The first-order valence-electron chi connectivity index (χ1n) is 15.8. The molecule has 0 saturated carbocycles. The molecule has 5 rings (SSSR count). The molecule has 51 heavy (non-hydrogen) atoms. The van der Waals surface area contributed by atoms with Crippen molar-refractivity contribution in [3.05, 3.63) is 34.9 Å². The summed E-state index contributed by atoms with van der Waals surface area (Å²) in [5, 5.41) is 45.1. The maximum atomic E-state index is 12.2. The van der Waals surface area contributed by atoms with E-state index >= 15 is 0 Å². The highest BCUT2D eigenvalue weighted by Crippen LogP contribution is 2.34. The Kier molecular flexibility index (Phi) is 10.7. The molecule has 0 amide bonds. The van der Waals surface area contributed by atoms with Crippen molar-refractivity contribution in [2.45, 2.75) is 52.4 Å². The lowest BCUT2D eigenvalue weighted by Crippen LogP contribution is -2.13. The van der Waals surface area contributed by atoms with Crippen LogP contribution in [0.4, 0.5) is 34.6 Å². The van der Waals surface area contributed by atoms with E-state index in [1.807, 2.05) is 13.8 Å². The predicted molar refractivity (Wildman–Crippen MR) is 179 cm³/mol. The number of carbonyl (C=O) groups is 2. The maximum absolute atomic E-state index is 12.2. The second kappa shape index (κ2) is 15.3. The van der Waals surface area contributed by atoms with Crippen molar-refractivity contribution in [3.8, 4) is 17.9 Å². The number of esters is 2. The number of nitrogens with two attached hydrogens (primary N) is 2. The molecule has 5 heterocycles. The third-order valence-electron chi connectivity index (χ3n) is 7.56. The molecule has 0 fully saturated rings. The number of hydrogen-bond donors (Lipinski definition) is 3. The SMILES string of the molecule is CCCCc1nn(-c2nc(O)nc(-n3nc(CCCC)c(/N=N/c4c(C(=O)OC)cnn4C)c3N)n2)c(N)c1/N=N/c1c(C(=O)OC)cnn1C. The second-order valence-corrected chi connectivity index (χ2v) is 11.0. The Morgan fingerprint density at radius 1 is 0.725 bits per heavy atom. The fourth-order valence-electron chi connectivity index (χ4n) is 4.82. The van der Waals surface area contributed by atoms with Crippen LogP contribution < -0.4 is 11.5 Å². The van der Waals surface area contributed by atoms with Gasteiger partial charge >= 0.3 is 17.9 Å². The van der Waals surface area contributed by atoms with Gasteiger partial charge in [-0.2, -0.15) is 44.7 Å². The number of aromatic nitrogens is 11. The number of methoxy groups -OCH3 is 2. The summed E-state index contributed by atoms with van der Waals surface area (Å²) in [5.41, 5.74) is 14.6. The van der Waals surface area contributed by atoms with E-state index < -0.39 is 17.9 Å². The van der Waals surface area contributed by atoms with Crippen molar-refractivity contribution < 1.29 is 24.2 Å². The van der Waals surface area contributed by atoms with Crippen LogP contribution in [-0.4, -0.2) is 85.3 Å². The molecule has 0 aliphatic heterocycles. The number of azo groups is 2. The van der Waals surface area contributed by atoms with Crippen molar-refractivity contribution in [2.24, 2.45) is 34.6 Å². The van der Waals surface area contributed by atoms with Crippen LogP contribution in [0.25, 0.3) is 11.9 Å². The van der Waals surface area contributed by atoms with E-state index in [1.54, 1.807) is 14.1 Å². The van der Waals surface area contributed by atoms with Crippen molar-refractivity contribution in [1.29, 1.82) is 0 Å². The second-order valence-electron chi connectivity index (χ2n) is 11.0. The summed E-state index contributed by atoms with van der Waals surface area (Å²) in [6, 6.07) is -0.674. The van der Waals surface area contributed by atoms with Gasteiger partial charge < -0.3 is 26.0 Å². The van der Waals surface area contributed by atoms with Crippen LogP contribution in [0.2, 0.25) is 0 Å². The van der Waals surface area contributed by atoms with Gasteiger partial charge in [0.2, 0.25) is 0 Å². The molecule has 0 aliphatic carbocycles. The van der Waals surface area contributed by atoms with Gasteiger partial charge in [0, 0.05) is 14.1 Å². The maximum Gasteiger partial charge on any atom is 0.343 e. The summed E-state index contributed by atoms with van der Waals surface area (Å²) in [5.74, 6) is -1.35. The molecule has 268 valence electrons. The molecule has 0 bridgehead atoms. The van der Waals surface area contributed by atoms with Crippen LogP contribution >= 0.6 is 0 Å². The highest BCUT2D eigenvalue weighted by molar-refractivity contribution is 5.94. The Hall–Kier alpha value is -6.61. The van der Waals surface area contributed by atoms with Gasteiger partial charge in [-0.15, -0.1) is 20.5 Å². The minimum Gasteiger partial charge on any atom is -0.479 e. The van der Waals surface area contributed by atoms with Gasteiger partial charge in [0.15, 0.2) is 34.6 Å². The monoisotopic (exact) mass is 703 g/mol. The molecule has 0 atom stereocenters. The smallest absolute Gasteiger partial charge is 0.343 e. The zero-order valence-electron chi connectivity index (χ0n) is 28.8. The van der Waals surface area contributed by atoms with Gasteiger partial charge in [0.05, 0.1) is 38.0 Å². The predicted octanol–water partition coefficient (Wildman–Crippen LogP) is 3.67. The van der Waals surface area contributed by atoms with Crippen LogP contribution in [0.1, 0.15) is 71.6 Å². The number of nitrogens with zero attached hydrogens (tertiary/aromatic N) is 15. The van der Waals surface area contributed by atoms with Gasteiger partial charge in [0.25, 0.3) is 11.9 Å². The zero-order valence-corrected chi connectivity index (χ0v) is 28.8. The van der Waals surface area contributed by atoms with E-state index in [0.717, 1.165) is 25.7 Å². The summed E-state index contributed by atoms with van der Waals surface area (Å²) in [4.78, 5) is 37.1. The van der Waals surface area contributed by atoms with Crippen molar-refractivity contribution in [2.75, 3.05) is 25.7 Å². The van der Waals surface area contributed by atoms with Crippen LogP contribution in [0.3, 0.4) is 0 Å². The van der Waals surface area contributed by atoms with E-state index in [1.165, 1.54) is 45.3 Å². The normalized spacial score (nSPS) is 11.6. The first-order valence-corrected chi connectivity index (χ1v) is 15.8. The average molecular weight is 704 g/mol. The zero-order chi connectivity index (χ0) is 36.8. The number of aromatic hydroxyl groups is 1. The molecule has 5 aromatic rings. The van der Waals surface area contributed by atoms with E-state index in [9.17, 15) is 14.7 Å². The summed E-state index contributed by atoms with van der Waals surface area (Å²) in [7, 11) is 5.69. The van der Waals surface area contributed by atoms with Crippen molar-refractivity contribution in [3.63, 3.8) is 0 Å². The molecule has 0 saturated heterocycles. The number of nitrogen functional groups attached to an aromatic ring is 2. The first kappa shape index (κ1) is 35.7. The molecule has 0 aromatic carbocycles. The van der Waals surface area contributed by atoms with Crippen molar-refractivity contribution >= 4 is 46.6 Å². The minimum absolute atomic E-state index is 0.00709. The molecule has 0 spiro atoms. The Morgan fingerprint density at radius 2 is 1.14 bits per heavy atom. The Bertz CT molecular complexity index is 1980. The third kappa shape index (κ3) is 7.23. The largest absolute Gasteiger partial charge is 0.479 e. The van der Waals surface area contributed by atoms with Crippen molar-refractivity contribution in [1.82, 2.24) is 54.1 Å². The van der Waals surface area contributed by atoms with Gasteiger partial charge in [-0.05, 0) is 25.7 Å². The van der Waals surface area contributed by atoms with Gasteiger partial charge in [-0.3, -0.25) is 0 Å². The molecule has 5 aromatic heterocycles. The standard InChI is InChI=1S/C29H37N17O5/c1-7-9-11-17-19(37-39-23-15(25(47)50-5)13-32-43(23)3)21(30)45(41-17)27-34-28(36-29(49)35-27)46-22(31)20(18(42-46)12-10-8-2)38-40-24-16(26(48)51-6)14-33-44(24)4/h13-14H,7-12,30-31H2,1-6H3,(H,34,35,36,49)/b39-37+,40-38+. The highest BCUT2D eigenvalue weighted by Gasteiger charge is 2.25. The van der Waals surface area contributed by atoms with Crippen LogP contribution in [0, 0.1) is 0 Å². The summed E-state index contributed by atoms with van der Waals surface area (Å²) < 4.78 is 14.7. The quantitative estimate of drug-likeness (QED) is 0.110. The number of rotatable bonds is 14. The number of ether oxygens (including phenoxy) is 2. The molecule has 5 N–H and O–H groups in total. The molecule has 22 nitrogen and oxygen atoms in total. The van der Waals surface area contributed by atoms with E-state index in [2.05, 4.69) is 55.8 Å². The molecular formula is C29H37N17O5. The lowest BCUT2D eigenvalue weighted by atomic mass is 10.2. The molecule has 22 heteroatoms. The Balaban J connectivity index is 1.58. The molecule has 0 unspecified atom stereocenters. The lowest BCUT2D eigenvalue weighted by molar-refractivity contribution is 0.0592. The molecule has 0 aliphatic rings. The number of carbonyl (C=O) groups excluding carboxylic acids is 2. The van der Waals surface area contributed by atoms with Crippen LogP contribution in [0.5, 0.6) is 6.01 Å². The molecular weight excluding hydrogens is 666 g/mol. The average Bonchev–Trinajstić information content (AvgIpc) is 3.86. The topological polar surface area (TPSA) is 284 Å². The summed E-state index contributed by atoms with van der Waals surface area (Å²) in [6.45, 7) is 4.03. The minimum atomic E-state index is -0.674. The fourth-order valence-corrected chi connectivity index (χ4v) is 4.82. The first-order chi connectivity index (χ1) is 24.5.